The zero-order valence-electron chi connectivity index (χ0n) is 11.3. The van der Waals surface area contributed by atoms with Crippen LogP contribution < -0.4 is 4.72 Å². The van der Waals surface area contributed by atoms with Gasteiger partial charge in [0.25, 0.3) is 10.0 Å². The summed E-state index contributed by atoms with van der Waals surface area (Å²) in [6.07, 6.45) is 0.965. The molecule has 0 saturated carbocycles. The van der Waals surface area contributed by atoms with Crippen LogP contribution in [0.5, 0.6) is 0 Å². The molecule has 0 radical (unpaired) electrons. The van der Waals surface area contributed by atoms with Crippen molar-refractivity contribution < 1.29 is 12.8 Å². The van der Waals surface area contributed by atoms with Crippen molar-refractivity contribution in [2.45, 2.75) is 30.4 Å². The first-order valence-corrected chi connectivity index (χ1v) is 8.23. The van der Waals surface area contributed by atoms with Gasteiger partial charge in [0.1, 0.15) is 15.8 Å². The number of aromatic nitrogens is 1. The molecule has 0 atom stereocenters. The van der Waals surface area contributed by atoms with Crippen LogP contribution in [-0.4, -0.2) is 13.4 Å². The van der Waals surface area contributed by atoms with E-state index >= 15 is 0 Å². The summed E-state index contributed by atoms with van der Waals surface area (Å²) in [7, 11) is -3.68. The average molecular weight is 314 g/mol. The molecule has 2 aromatic rings. The fourth-order valence-electron chi connectivity index (χ4n) is 1.49. The number of thiophene rings is 1. The van der Waals surface area contributed by atoms with E-state index < -0.39 is 15.8 Å². The second-order valence-corrected chi connectivity index (χ2v) is 8.33. The van der Waals surface area contributed by atoms with Gasteiger partial charge in [0.05, 0.1) is 6.20 Å². The van der Waals surface area contributed by atoms with E-state index in [0.29, 0.717) is 0 Å². The first kappa shape index (κ1) is 14.9. The SMILES string of the molecule is CC(C)(C)c1ccc(S(=O)(=O)Nc2ccc(F)cn2)s1. The number of sulfonamides is 1. The van der Waals surface area contributed by atoms with Crippen LogP contribution in [0, 0.1) is 5.82 Å². The molecule has 7 heteroatoms. The van der Waals surface area contributed by atoms with Crippen LogP contribution in [0.25, 0.3) is 0 Å². The van der Waals surface area contributed by atoms with Crippen molar-refractivity contribution >= 4 is 27.2 Å². The second kappa shape index (κ2) is 5.14. The predicted octanol–water partition coefficient (Wildman–Crippen LogP) is 3.38. The maximum atomic E-state index is 12.7. The lowest BCUT2D eigenvalue weighted by molar-refractivity contribution is 0.602. The van der Waals surface area contributed by atoms with Gasteiger partial charge in [-0.2, -0.15) is 0 Å². The highest BCUT2D eigenvalue weighted by molar-refractivity contribution is 7.94. The van der Waals surface area contributed by atoms with E-state index in [-0.39, 0.29) is 15.4 Å². The Bertz CT molecular complexity index is 701. The van der Waals surface area contributed by atoms with Crippen LogP contribution in [0.15, 0.2) is 34.7 Å². The Kier molecular flexibility index (Phi) is 3.84. The van der Waals surface area contributed by atoms with E-state index in [1.807, 2.05) is 20.8 Å². The van der Waals surface area contributed by atoms with E-state index in [1.165, 1.54) is 17.4 Å². The largest absolute Gasteiger partial charge is 0.272 e. The summed E-state index contributed by atoms with van der Waals surface area (Å²) in [5.74, 6) is -0.420. The molecule has 1 N–H and O–H groups in total. The summed E-state index contributed by atoms with van der Waals surface area (Å²) < 4.78 is 39.7. The van der Waals surface area contributed by atoms with Crippen LogP contribution in [0.4, 0.5) is 10.2 Å². The van der Waals surface area contributed by atoms with Crippen LogP contribution >= 0.6 is 11.3 Å². The fraction of sp³-hybridized carbons (Fsp3) is 0.308. The monoisotopic (exact) mass is 314 g/mol. The molecule has 0 aliphatic carbocycles. The van der Waals surface area contributed by atoms with Gasteiger partial charge in [0.2, 0.25) is 0 Å². The van der Waals surface area contributed by atoms with Crippen molar-refractivity contribution in [1.82, 2.24) is 4.98 Å². The Morgan fingerprint density at radius 1 is 1.20 bits per heavy atom. The zero-order valence-corrected chi connectivity index (χ0v) is 13.0. The Balaban J connectivity index is 2.27. The van der Waals surface area contributed by atoms with Gasteiger partial charge in [0.15, 0.2) is 0 Å². The lowest BCUT2D eigenvalue weighted by Crippen LogP contribution is -2.12. The standard InChI is InChI=1S/C13H15FN2O2S2/c1-13(2,3)10-5-7-12(19-10)20(17,18)16-11-6-4-9(14)8-15-11/h4-8H,1-3H3,(H,15,16). The van der Waals surface area contributed by atoms with E-state index in [9.17, 15) is 12.8 Å². The first-order valence-electron chi connectivity index (χ1n) is 5.93. The minimum Gasteiger partial charge on any atom is -0.263 e. The number of anilines is 1. The third-order valence-corrected chi connectivity index (χ3v) is 5.91. The van der Waals surface area contributed by atoms with Crippen molar-refractivity contribution in [2.75, 3.05) is 4.72 Å². The summed E-state index contributed by atoms with van der Waals surface area (Å²) in [4.78, 5) is 4.66. The van der Waals surface area contributed by atoms with Gasteiger partial charge < -0.3 is 0 Å². The summed E-state index contributed by atoms with van der Waals surface area (Å²) in [6.45, 7) is 6.05. The number of halogens is 1. The maximum Gasteiger partial charge on any atom is 0.272 e. The molecular formula is C13H15FN2O2S2. The van der Waals surface area contributed by atoms with Crippen molar-refractivity contribution in [3.8, 4) is 0 Å². The lowest BCUT2D eigenvalue weighted by Gasteiger charge is -2.15. The summed E-state index contributed by atoms with van der Waals surface area (Å²) >= 11 is 1.22. The van der Waals surface area contributed by atoms with Gasteiger partial charge in [-0.3, -0.25) is 4.72 Å². The van der Waals surface area contributed by atoms with Gasteiger partial charge in [-0.05, 0) is 29.7 Å². The van der Waals surface area contributed by atoms with Crippen molar-refractivity contribution in [2.24, 2.45) is 0 Å². The minimum absolute atomic E-state index is 0.0945. The molecule has 0 aliphatic rings. The highest BCUT2D eigenvalue weighted by atomic mass is 32.2. The predicted molar refractivity (Wildman–Crippen MR) is 78.0 cm³/mol. The molecule has 108 valence electrons. The number of pyridine rings is 1. The van der Waals surface area contributed by atoms with E-state index in [1.54, 1.807) is 12.1 Å². The average Bonchev–Trinajstić information content (AvgIpc) is 2.82. The van der Waals surface area contributed by atoms with Gasteiger partial charge in [-0.25, -0.2) is 17.8 Å². The molecule has 0 aliphatic heterocycles. The second-order valence-electron chi connectivity index (χ2n) is 5.34. The van der Waals surface area contributed by atoms with Gasteiger partial charge in [0, 0.05) is 4.88 Å². The summed E-state index contributed by atoms with van der Waals surface area (Å²) in [5.41, 5.74) is -0.105. The maximum absolute atomic E-state index is 12.7. The molecule has 0 unspecified atom stereocenters. The van der Waals surface area contributed by atoms with Crippen molar-refractivity contribution in [3.05, 3.63) is 41.2 Å². The smallest absolute Gasteiger partial charge is 0.263 e. The zero-order chi connectivity index (χ0) is 15.0. The number of hydrogen-bond donors (Lipinski definition) is 1. The van der Waals surface area contributed by atoms with Crippen molar-refractivity contribution in [3.63, 3.8) is 0 Å². The molecule has 0 bridgehead atoms. The normalized spacial score (nSPS) is 12.4. The molecule has 0 saturated heterocycles. The van der Waals surface area contributed by atoms with Gasteiger partial charge in [-0.1, -0.05) is 20.8 Å². The third kappa shape index (κ3) is 3.34. The molecular weight excluding hydrogens is 299 g/mol. The molecule has 20 heavy (non-hydrogen) atoms. The molecule has 4 nitrogen and oxygen atoms in total. The molecule has 2 aromatic heterocycles. The van der Waals surface area contributed by atoms with E-state index in [0.717, 1.165) is 17.1 Å². The Hall–Kier alpha value is -1.47. The molecule has 0 spiro atoms. The fourth-order valence-corrected chi connectivity index (χ4v) is 3.86. The van der Waals surface area contributed by atoms with Crippen LogP contribution in [0.3, 0.4) is 0 Å². The third-order valence-electron chi connectivity index (χ3n) is 2.55. The van der Waals surface area contributed by atoms with Crippen LogP contribution in [0.2, 0.25) is 0 Å². The van der Waals surface area contributed by atoms with Crippen LogP contribution in [0.1, 0.15) is 25.6 Å². The lowest BCUT2D eigenvalue weighted by atomic mass is 9.95. The van der Waals surface area contributed by atoms with E-state index in [2.05, 4.69) is 9.71 Å². The Labute approximate surface area is 121 Å². The number of nitrogens with one attached hydrogen (secondary N) is 1. The number of nitrogens with zero attached hydrogens (tertiary/aromatic N) is 1. The number of rotatable bonds is 3. The number of hydrogen-bond acceptors (Lipinski definition) is 4. The highest BCUT2D eigenvalue weighted by Crippen LogP contribution is 2.32. The van der Waals surface area contributed by atoms with E-state index in [4.69, 9.17) is 0 Å². The highest BCUT2D eigenvalue weighted by Gasteiger charge is 2.22. The van der Waals surface area contributed by atoms with Crippen LogP contribution in [-0.2, 0) is 15.4 Å². The Morgan fingerprint density at radius 2 is 1.90 bits per heavy atom. The quantitative estimate of drug-likeness (QED) is 0.945. The van der Waals surface area contributed by atoms with Gasteiger partial charge >= 0.3 is 0 Å². The molecule has 2 rings (SSSR count). The Morgan fingerprint density at radius 3 is 2.40 bits per heavy atom. The first-order chi connectivity index (χ1) is 9.18. The molecule has 2 heterocycles. The van der Waals surface area contributed by atoms with Gasteiger partial charge in [-0.15, -0.1) is 11.3 Å². The molecule has 0 aromatic carbocycles. The molecule has 0 fully saturated rings. The topological polar surface area (TPSA) is 59.1 Å². The summed E-state index contributed by atoms with van der Waals surface area (Å²) in [6, 6.07) is 5.81. The minimum atomic E-state index is -3.68. The molecule has 0 amide bonds. The van der Waals surface area contributed by atoms with Crippen molar-refractivity contribution in [1.29, 1.82) is 0 Å². The summed E-state index contributed by atoms with van der Waals surface area (Å²) in [5, 5.41) is 0.